The SMILES string of the molecule is NC1(C(=O)O)CCCC1CCSc1nncs1. The Labute approximate surface area is 108 Å². The van der Waals surface area contributed by atoms with Crippen molar-refractivity contribution < 1.29 is 9.90 Å². The van der Waals surface area contributed by atoms with Gasteiger partial charge in [-0.2, -0.15) is 0 Å². The van der Waals surface area contributed by atoms with Crippen LogP contribution in [0.25, 0.3) is 0 Å². The Kier molecular flexibility index (Phi) is 4.01. The van der Waals surface area contributed by atoms with Crippen LogP contribution in [0, 0.1) is 5.92 Å². The molecule has 3 N–H and O–H groups in total. The van der Waals surface area contributed by atoms with Crippen LogP contribution < -0.4 is 5.73 Å². The average molecular weight is 273 g/mol. The number of nitrogens with two attached hydrogens (primary N) is 1. The summed E-state index contributed by atoms with van der Waals surface area (Å²) in [6.07, 6.45) is 3.25. The molecule has 1 aliphatic rings. The number of carboxylic acid groups (broad SMARTS) is 1. The van der Waals surface area contributed by atoms with Crippen molar-refractivity contribution in [3.05, 3.63) is 5.51 Å². The van der Waals surface area contributed by atoms with Crippen LogP contribution in [0.1, 0.15) is 25.7 Å². The van der Waals surface area contributed by atoms with Crippen molar-refractivity contribution in [1.29, 1.82) is 0 Å². The zero-order chi connectivity index (χ0) is 12.3. The zero-order valence-electron chi connectivity index (χ0n) is 9.33. The highest BCUT2D eigenvalue weighted by atomic mass is 32.2. The minimum atomic E-state index is -1.01. The summed E-state index contributed by atoms with van der Waals surface area (Å²) in [7, 11) is 0. The molecule has 1 fully saturated rings. The first-order valence-electron chi connectivity index (χ1n) is 5.54. The van der Waals surface area contributed by atoms with E-state index in [1.807, 2.05) is 0 Å². The van der Waals surface area contributed by atoms with E-state index >= 15 is 0 Å². The highest BCUT2D eigenvalue weighted by Gasteiger charge is 2.45. The molecule has 0 saturated heterocycles. The highest BCUT2D eigenvalue weighted by molar-refractivity contribution is 8.00. The van der Waals surface area contributed by atoms with E-state index in [9.17, 15) is 9.90 Å². The molecule has 1 aromatic rings. The zero-order valence-corrected chi connectivity index (χ0v) is 11.0. The van der Waals surface area contributed by atoms with Gasteiger partial charge in [0.05, 0.1) is 0 Å². The molecule has 7 heteroatoms. The number of hydrogen-bond acceptors (Lipinski definition) is 6. The molecular weight excluding hydrogens is 258 g/mol. The molecule has 17 heavy (non-hydrogen) atoms. The smallest absolute Gasteiger partial charge is 0.323 e. The summed E-state index contributed by atoms with van der Waals surface area (Å²) in [6.45, 7) is 0. The number of thioether (sulfide) groups is 1. The summed E-state index contributed by atoms with van der Waals surface area (Å²) in [4.78, 5) is 11.2. The van der Waals surface area contributed by atoms with Crippen molar-refractivity contribution in [3.63, 3.8) is 0 Å². The van der Waals surface area contributed by atoms with Crippen LogP contribution in [0.5, 0.6) is 0 Å². The van der Waals surface area contributed by atoms with E-state index in [0.717, 1.165) is 29.4 Å². The molecular formula is C10H15N3O2S2. The summed E-state index contributed by atoms with van der Waals surface area (Å²) < 4.78 is 0.931. The van der Waals surface area contributed by atoms with E-state index in [-0.39, 0.29) is 5.92 Å². The van der Waals surface area contributed by atoms with E-state index in [1.54, 1.807) is 17.3 Å². The van der Waals surface area contributed by atoms with Gasteiger partial charge in [0.15, 0.2) is 4.34 Å². The highest BCUT2D eigenvalue weighted by Crippen LogP contribution is 2.37. The number of aliphatic carboxylic acids is 1. The maximum absolute atomic E-state index is 11.2. The van der Waals surface area contributed by atoms with Crippen LogP contribution in [0.4, 0.5) is 0 Å². The van der Waals surface area contributed by atoms with Gasteiger partial charge in [0.1, 0.15) is 11.0 Å². The molecule has 2 rings (SSSR count). The number of aromatic nitrogens is 2. The summed E-state index contributed by atoms with van der Waals surface area (Å²) in [5.74, 6) is 0.0767. The first-order valence-corrected chi connectivity index (χ1v) is 7.40. The predicted octanol–water partition coefficient (Wildman–Crippen LogP) is 1.60. The Morgan fingerprint density at radius 1 is 1.76 bits per heavy atom. The van der Waals surface area contributed by atoms with Gasteiger partial charge in [-0.05, 0) is 25.2 Å². The lowest BCUT2D eigenvalue weighted by Gasteiger charge is -2.26. The van der Waals surface area contributed by atoms with Crippen molar-refractivity contribution in [2.75, 3.05) is 5.75 Å². The minimum absolute atomic E-state index is 0.0837. The minimum Gasteiger partial charge on any atom is -0.480 e. The van der Waals surface area contributed by atoms with Gasteiger partial charge in [-0.1, -0.05) is 29.5 Å². The number of nitrogens with zero attached hydrogens (tertiary/aromatic N) is 2. The summed E-state index contributed by atoms with van der Waals surface area (Å²) >= 11 is 3.13. The molecule has 1 heterocycles. The molecule has 0 aromatic carbocycles. The van der Waals surface area contributed by atoms with Gasteiger partial charge in [-0.3, -0.25) is 4.79 Å². The van der Waals surface area contributed by atoms with Crippen LogP contribution in [0.3, 0.4) is 0 Å². The molecule has 2 atom stereocenters. The second kappa shape index (κ2) is 5.32. The molecule has 1 aliphatic carbocycles. The van der Waals surface area contributed by atoms with E-state index in [0.29, 0.717) is 6.42 Å². The molecule has 0 radical (unpaired) electrons. The van der Waals surface area contributed by atoms with Gasteiger partial charge in [-0.15, -0.1) is 10.2 Å². The molecule has 0 amide bonds. The van der Waals surface area contributed by atoms with Crippen molar-refractivity contribution in [2.45, 2.75) is 35.6 Å². The van der Waals surface area contributed by atoms with E-state index < -0.39 is 11.5 Å². The molecule has 5 nitrogen and oxygen atoms in total. The summed E-state index contributed by atoms with van der Waals surface area (Å²) in [5.41, 5.74) is 6.66. The fraction of sp³-hybridized carbons (Fsp3) is 0.700. The Morgan fingerprint density at radius 2 is 2.59 bits per heavy atom. The summed E-state index contributed by atoms with van der Waals surface area (Å²) in [5, 5.41) is 16.9. The molecule has 1 aromatic heterocycles. The normalized spacial score (nSPS) is 28.4. The molecule has 0 aliphatic heterocycles. The van der Waals surface area contributed by atoms with Crippen LogP contribution >= 0.6 is 23.1 Å². The number of carbonyl (C=O) groups is 1. The lowest BCUT2D eigenvalue weighted by Crippen LogP contribution is -2.51. The molecule has 1 saturated carbocycles. The van der Waals surface area contributed by atoms with E-state index in [1.165, 1.54) is 11.3 Å². The third-order valence-corrected chi connectivity index (χ3v) is 5.20. The molecule has 0 spiro atoms. The van der Waals surface area contributed by atoms with Crippen LogP contribution in [-0.4, -0.2) is 32.6 Å². The quantitative estimate of drug-likeness (QED) is 0.792. The third-order valence-electron chi connectivity index (χ3n) is 3.30. The first-order chi connectivity index (χ1) is 8.13. The largest absolute Gasteiger partial charge is 0.480 e. The van der Waals surface area contributed by atoms with Gasteiger partial charge >= 0.3 is 5.97 Å². The van der Waals surface area contributed by atoms with Crippen molar-refractivity contribution in [2.24, 2.45) is 11.7 Å². The first kappa shape index (κ1) is 12.8. The fourth-order valence-electron chi connectivity index (χ4n) is 2.30. The van der Waals surface area contributed by atoms with Gasteiger partial charge in [-0.25, -0.2) is 0 Å². The Balaban J connectivity index is 1.84. The monoisotopic (exact) mass is 273 g/mol. The van der Waals surface area contributed by atoms with Crippen LogP contribution in [0.15, 0.2) is 9.85 Å². The standard InChI is InChI=1S/C10H15N3O2S2/c11-10(8(14)15)4-1-2-7(10)3-5-16-9-13-12-6-17-9/h6-7H,1-5,11H2,(H,14,15). The van der Waals surface area contributed by atoms with Crippen LogP contribution in [-0.2, 0) is 4.79 Å². The number of rotatable bonds is 5. The second-order valence-electron chi connectivity index (χ2n) is 4.28. The van der Waals surface area contributed by atoms with E-state index in [4.69, 9.17) is 5.73 Å². The molecule has 0 bridgehead atoms. The second-order valence-corrected chi connectivity index (χ2v) is 6.45. The summed E-state index contributed by atoms with van der Waals surface area (Å²) in [6, 6.07) is 0. The van der Waals surface area contributed by atoms with E-state index in [2.05, 4.69) is 10.2 Å². The lowest BCUT2D eigenvalue weighted by atomic mass is 9.86. The fourth-order valence-corrected chi connectivity index (χ4v) is 3.91. The Bertz CT molecular complexity index is 385. The predicted molar refractivity (Wildman–Crippen MR) is 67.1 cm³/mol. The lowest BCUT2D eigenvalue weighted by molar-refractivity contribution is -0.144. The van der Waals surface area contributed by atoms with Crippen molar-refractivity contribution >= 4 is 29.1 Å². The van der Waals surface area contributed by atoms with Gasteiger partial charge in [0.25, 0.3) is 0 Å². The maximum atomic E-state index is 11.2. The average Bonchev–Trinajstić information content (AvgIpc) is 2.90. The molecule has 2 unspecified atom stereocenters. The molecule has 94 valence electrons. The van der Waals surface area contributed by atoms with Crippen molar-refractivity contribution in [1.82, 2.24) is 10.2 Å². The van der Waals surface area contributed by atoms with Crippen LogP contribution in [0.2, 0.25) is 0 Å². The van der Waals surface area contributed by atoms with Gasteiger partial charge in [0, 0.05) is 5.75 Å². The number of hydrogen-bond donors (Lipinski definition) is 2. The Morgan fingerprint density at radius 3 is 3.24 bits per heavy atom. The topological polar surface area (TPSA) is 89.1 Å². The Hall–Kier alpha value is -0.660. The van der Waals surface area contributed by atoms with Gasteiger partial charge in [0.2, 0.25) is 0 Å². The van der Waals surface area contributed by atoms with Gasteiger partial charge < -0.3 is 10.8 Å². The third kappa shape index (κ3) is 2.78. The van der Waals surface area contributed by atoms with Crippen molar-refractivity contribution in [3.8, 4) is 0 Å². The maximum Gasteiger partial charge on any atom is 0.323 e. The number of carboxylic acids is 1.